The fourth-order valence-corrected chi connectivity index (χ4v) is 3.63. The van der Waals surface area contributed by atoms with Crippen LogP contribution in [0.3, 0.4) is 0 Å². The Morgan fingerprint density at radius 3 is 2.52 bits per heavy atom. The van der Waals surface area contributed by atoms with Gasteiger partial charge in [0, 0.05) is 30.2 Å². The Bertz CT molecular complexity index is 1120. The number of Topliss-reactive ketones (excluding diaryl/α,β-unsaturated/α-hetero) is 1. The van der Waals surface area contributed by atoms with Gasteiger partial charge in [0.1, 0.15) is 5.69 Å². The fraction of sp³-hybridized carbons (Fsp3) is 0.381. The van der Waals surface area contributed by atoms with Crippen molar-refractivity contribution >= 4 is 11.8 Å². The molecule has 0 spiro atoms. The minimum Gasteiger partial charge on any atom is -0.452 e. The van der Waals surface area contributed by atoms with E-state index in [0.717, 1.165) is 31.3 Å². The molecule has 0 radical (unpaired) electrons. The monoisotopic (exact) mass is 477 g/mol. The average molecular weight is 477 g/mol. The van der Waals surface area contributed by atoms with Crippen molar-refractivity contribution in [3.63, 3.8) is 0 Å². The zero-order valence-corrected chi connectivity index (χ0v) is 17.3. The number of benzene rings is 1. The number of aliphatic imine (C=N–C) groups is 1. The van der Waals surface area contributed by atoms with E-state index >= 15 is 0 Å². The molecule has 12 heteroatoms. The van der Waals surface area contributed by atoms with Crippen molar-refractivity contribution in [2.75, 3.05) is 0 Å². The van der Waals surface area contributed by atoms with Gasteiger partial charge in [-0.3, -0.25) is 9.78 Å². The lowest BCUT2D eigenvalue weighted by Gasteiger charge is -2.36. The lowest BCUT2D eigenvalue weighted by Crippen LogP contribution is -2.46. The quantitative estimate of drug-likeness (QED) is 0.490. The number of nitrogens with two attached hydrogens (primary N) is 1. The standard InChI is InChI=1S/C21H18F7N3O2/c1-9-3-11(18(24)25)8-30-17(9)14(32)6-10-4-12(16(23)13(22)5-10)20(2)7-15(21(26,27)28)33-19(29)31-20/h3-5,8,15,18H,6-7H2,1-2H3,(H2,29,31)/t15-,20-/m0/s1. The predicted molar refractivity (Wildman–Crippen MR) is 103 cm³/mol. The molecule has 0 saturated heterocycles. The van der Waals surface area contributed by atoms with Gasteiger partial charge in [-0.05, 0) is 43.2 Å². The Morgan fingerprint density at radius 1 is 1.27 bits per heavy atom. The van der Waals surface area contributed by atoms with Crippen molar-refractivity contribution in [1.29, 1.82) is 0 Å². The second-order valence-electron chi connectivity index (χ2n) is 7.85. The summed E-state index contributed by atoms with van der Waals surface area (Å²) in [6.07, 6.45) is -10.6. The number of nitrogens with zero attached hydrogens (tertiary/aromatic N) is 2. The summed E-state index contributed by atoms with van der Waals surface area (Å²) in [5.41, 5.74) is 2.44. The number of ether oxygens (including phenoxy) is 1. The van der Waals surface area contributed by atoms with Crippen LogP contribution in [0.25, 0.3) is 0 Å². The minimum atomic E-state index is -4.84. The summed E-state index contributed by atoms with van der Waals surface area (Å²) in [7, 11) is 0. The third kappa shape index (κ3) is 5.09. The Morgan fingerprint density at radius 2 is 1.94 bits per heavy atom. The molecule has 0 amide bonds. The largest absolute Gasteiger partial charge is 0.452 e. The van der Waals surface area contributed by atoms with Gasteiger partial charge in [-0.2, -0.15) is 13.2 Å². The highest BCUT2D eigenvalue weighted by atomic mass is 19.4. The molecule has 0 bridgehead atoms. The molecule has 2 atom stereocenters. The molecule has 5 nitrogen and oxygen atoms in total. The lowest BCUT2D eigenvalue weighted by molar-refractivity contribution is -0.208. The summed E-state index contributed by atoms with van der Waals surface area (Å²) in [6, 6.07) is 1.98. The summed E-state index contributed by atoms with van der Waals surface area (Å²) in [5.74, 6) is -3.53. The lowest BCUT2D eigenvalue weighted by atomic mass is 9.84. The third-order valence-electron chi connectivity index (χ3n) is 5.22. The van der Waals surface area contributed by atoms with Crippen LogP contribution in [-0.4, -0.2) is 29.1 Å². The number of alkyl halides is 5. The molecule has 2 aromatic rings. The second-order valence-corrected chi connectivity index (χ2v) is 7.85. The number of aromatic nitrogens is 1. The van der Waals surface area contributed by atoms with Gasteiger partial charge in [0.15, 0.2) is 23.5 Å². The van der Waals surface area contributed by atoms with Crippen LogP contribution in [-0.2, 0) is 16.7 Å². The van der Waals surface area contributed by atoms with E-state index in [0.29, 0.717) is 0 Å². The van der Waals surface area contributed by atoms with Gasteiger partial charge in [0.05, 0.1) is 5.54 Å². The molecule has 33 heavy (non-hydrogen) atoms. The van der Waals surface area contributed by atoms with Gasteiger partial charge >= 0.3 is 6.18 Å². The van der Waals surface area contributed by atoms with E-state index in [9.17, 15) is 35.5 Å². The molecule has 0 aliphatic carbocycles. The summed E-state index contributed by atoms with van der Waals surface area (Å²) < 4.78 is 98.7. The number of hydrogen-bond donors (Lipinski definition) is 1. The molecule has 0 fully saturated rings. The highest BCUT2D eigenvalue weighted by molar-refractivity contribution is 5.97. The first-order valence-electron chi connectivity index (χ1n) is 9.56. The predicted octanol–water partition coefficient (Wildman–Crippen LogP) is 4.91. The molecule has 1 aliphatic heterocycles. The Hall–Kier alpha value is -3.18. The van der Waals surface area contributed by atoms with Crippen LogP contribution in [0.4, 0.5) is 30.7 Å². The van der Waals surface area contributed by atoms with Gasteiger partial charge in [-0.15, -0.1) is 0 Å². The van der Waals surface area contributed by atoms with Crippen molar-refractivity contribution in [2.45, 2.75) is 50.9 Å². The summed E-state index contributed by atoms with van der Waals surface area (Å²) >= 11 is 0. The molecule has 0 saturated carbocycles. The van der Waals surface area contributed by atoms with Crippen LogP contribution in [0.2, 0.25) is 0 Å². The van der Waals surface area contributed by atoms with E-state index in [1.165, 1.54) is 6.92 Å². The van der Waals surface area contributed by atoms with Gasteiger partial charge in [0.2, 0.25) is 0 Å². The molecule has 0 unspecified atom stereocenters. The number of aryl methyl sites for hydroxylation is 1. The number of pyridine rings is 1. The normalized spacial score (nSPS) is 21.0. The Balaban J connectivity index is 1.97. The highest BCUT2D eigenvalue weighted by Gasteiger charge is 2.50. The van der Waals surface area contributed by atoms with Crippen LogP contribution in [0.15, 0.2) is 29.4 Å². The zero-order chi connectivity index (χ0) is 24.7. The smallest absolute Gasteiger partial charge is 0.425 e. The molecule has 1 aliphatic rings. The van der Waals surface area contributed by atoms with Gasteiger partial charge in [-0.1, -0.05) is 0 Å². The van der Waals surface area contributed by atoms with E-state index < -0.39 is 66.1 Å². The molecule has 178 valence electrons. The Kier molecular flexibility index (Phi) is 6.40. The topological polar surface area (TPSA) is 77.6 Å². The first-order valence-corrected chi connectivity index (χ1v) is 9.56. The van der Waals surface area contributed by atoms with Crippen LogP contribution >= 0.6 is 0 Å². The van der Waals surface area contributed by atoms with E-state index in [1.807, 2.05) is 0 Å². The molecular weight excluding hydrogens is 459 g/mol. The summed E-state index contributed by atoms with van der Waals surface area (Å²) in [4.78, 5) is 20.1. The van der Waals surface area contributed by atoms with Gasteiger partial charge in [-0.25, -0.2) is 22.6 Å². The van der Waals surface area contributed by atoms with Gasteiger partial charge < -0.3 is 10.5 Å². The number of hydrogen-bond acceptors (Lipinski definition) is 5. The van der Waals surface area contributed by atoms with Crippen molar-refractivity contribution in [2.24, 2.45) is 10.7 Å². The first kappa shape index (κ1) is 24.5. The maximum Gasteiger partial charge on any atom is 0.425 e. The molecule has 2 N–H and O–H groups in total. The molecule has 1 aromatic heterocycles. The molecule has 1 aromatic carbocycles. The van der Waals surface area contributed by atoms with Crippen LogP contribution in [0.5, 0.6) is 0 Å². The fourth-order valence-electron chi connectivity index (χ4n) is 3.63. The summed E-state index contributed by atoms with van der Waals surface area (Å²) in [5, 5.41) is 0. The molecule has 2 heterocycles. The zero-order valence-electron chi connectivity index (χ0n) is 17.3. The maximum atomic E-state index is 14.6. The maximum absolute atomic E-state index is 14.6. The van der Waals surface area contributed by atoms with E-state index in [-0.39, 0.29) is 22.4 Å². The van der Waals surface area contributed by atoms with Gasteiger partial charge in [0.25, 0.3) is 12.4 Å². The first-order chi connectivity index (χ1) is 15.2. The number of halogens is 7. The van der Waals surface area contributed by atoms with Crippen LogP contribution in [0, 0.1) is 18.6 Å². The number of carbonyl (C=O) groups excluding carboxylic acids is 1. The van der Waals surface area contributed by atoms with Crippen molar-refractivity contribution < 1.29 is 40.3 Å². The summed E-state index contributed by atoms with van der Waals surface area (Å²) in [6.45, 7) is 2.53. The SMILES string of the molecule is Cc1cc(C(F)F)cnc1C(=O)Cc1cc(F)c(F)c([C@]2(C)C[C@@H](C(F)(F)F)OC(N)=N2)c1. The van der Waals surface area contributed by atoms with E-state index in [2.05, 4.69) is 14.7 Å². The number of carbonyl (C=O) groups is 1. The minimum absolute atomic E-state index is 0.0712. The Labute approximate surface area is 183 Å². The molecular formula is C21H18F7N3O2. The highest BCUT2D eigenvalue weighted by Crippen LogP contribution is 2.41. The number of ketones is 1. The van der Waals surface area contributed by atoms with E-state index in [4.69, 9.17) is 5.73 Å². The second kappa shape index (κ2) is 8.64. The van der Waals surface area contributed by atoms with Crippen molar-refractivity contribution in [3.8, 4) is 0 Å². The number of rotatable bonds is 5. The average Bonchev–Trinajstić information content (AvgIpc) is 2.68. The van der Waals surface area contributed by atoms with Crippen LogP contribution in [0.1, 0.15) is 52.5 Å². The van der Waals surface area contributed by atoms with Crippen LogP contribution < -0.4 is 5.73 Å². The van der Waals surface area contributed by atoms with Crippen molar-refractivity contribution in [1.82, 2.24) is 4.98 Å². The molecule has 3 rings (SSSR count). The van der Waals surface area contributed by atoms with Crippen molar-refractivity contribution in [3.05, 3.63) is 64.0 Å². The third-order valence-corrected chi connectivity index (χ3v) is 5.22. The number of amidine groups is 1. The van der Waals surface area contributed by atoms with E-state index in [1.54, 1.807) is 0 Å².